The van der Waals surface area contributed by atoms with E-state index in [4.69, 9.17) is 5.11 Å². The number of halogens is 1. The number of benzene rings is 1. The first-order valence-electron chi connectivity index (χ1n) is 5.88. The van der Waals surface area contributed by atoms with Gasteiger partial charge in [-0.2, -0.15) is 0 Å². The molecular weight excluding hydrogens is 255 g/mol. The second-order valence-electron chi connectivity index (χ2n) is 4.50. The maximum atomic E-state index is 13.2. The SMILES string of the molecule is O=C(O)C1CCCN1Cc1cc(F)ccc1[N+](=O)[O-]. The minimum absolute atomic E-state index is 0.0744. The van der Waals surface area contributed by atoms with Crippen LogP contribution in [-0.4, -0.2) is 33.5 Å². The number of carboxylic acid groups (broad SMARTS) is 1. The molecule has 0 spiro atoms. The van der Waals surface area contributed by atoms with Gasteiger partial charge in [0.05, 0.1) is 4.92 Å². The van der Waals surface area contributed by atoms with Gasteiger partial charge in [0.2, 0.25) is 0 Å². The van der Waals surface area contributed by atoms with Crippen molar-refractivity contribution in [3.63, 3.8) is 0 Å². The molecule has 19 heavy (non-hydrogen) atoms. The third-order valence-corrected chi connectivity index (χ3v) is 3.26. The predicted molar refractivity (Wildman–Crippen MR) is 64.1 cm³/mol. The molecule has 0 aromatic heterocycles. The second-order valence-corrected chi connectivity index (χ2v) is 4.50. The largest absolute Gasteiger partial charge is 0.480 e. The molecular formula is C12H13FN2O4. The Hall–Kier alpha value is -2.02. The fourth-order valence-corrected chi connectivity index (χ4v) is 2.37. The third kappa shape index (κ3) is 2.87. The molecule has 1 N–H and O–H groups in total. The van der Waals surface area contributed by atoms with Crippen molar-refractivity contribution in [3.05, 3.63) is 39.7 Å². The molecule has 1 aliphatic heterocycles. The number of likely N-dealkylation sites (tertiary alicyclic amines) is 1. The first-order chi connectivity index (χ1) is 8.99. The Morgan fingerprint density at radius 1 is 1.58 bits per heavy atom. The summed E-state index contributed by atoms with van der Waals surface area (Å²) in [7, 11) is 0. The number of nitro groups is 1. The lowest BCUT2D eigenvalue weighted by atomic mass is 10.1. The molecule has 1 fully saturated rings. The van der Waals surface area contributed by atoms with Crippen molar-refractivity contribution >= 4 is 11.7 Å². The molecule has 1 aromatic rings. The molecule has 0 bridgehead atoms. The summed E-state index contributed by atoms with van der Waals surface area (Å²) in [4.78, 5) is 23.0. The molecule has 1 aliphatic rings. The highest BCUT2D eigenvalue weighted by Crippen LogP contribution is 2.25. The highest BCUT2D eigenvalue weighted by molar-refractivity contribution is 5.73. The van der Waals surface area contributed by atoms with Crippen LogP contribution in [0.25, 0.3) is 0 Å². The van der Waals surface area contributed by atoms with Crippen LogP contribution in [0.4, 0.5) is 10.1 Å². The molecule has 1 saturated heterocycles. The summed E-state index contributed by atoms with van der Waals surface area (Å²) in [5, 5.41) is 19.9. The second kappa shape index (κ2) is 5.31. The van der Waals surface area contributed by atoms with E-state index < -0.39 is 22.8 Å². The fourth-order valence-electron chi connectivity index (χ4n) is 2.37. The van der Waals surface area contributed by atoms with Crippen LogP contribution in [0.5, 0.6) is 0 Å². The number of nitro benzene ring substituents is 1. The van der Waals surface area contributed by atoms with Crippen molar-refractivity contribution in [1.29, 1.82) is 0 Å². The molecule has 0 amide bonds. The summed E-state index contributed by atoms with van der Waals surface area (Å²) in [6, 6.07) is 2.58. The van der Waals surface area contributed by atoms with Gasteiger partial charge in [0.15, 0.2) is 0 Å². The summed E-state index contributed by atoms with van der Waals surface area (Å²) in [5.74, 6) is -1.51. The van der Waals surface area contributed by atoms with E-state index in [1.165, 1.54) is 0 Å². The molecule has 6 nitrogen and oxygen atoms in total. The molecule has 0 saturated carbocycles. The lowest BCUT2D eigenvalue weighted by molar-refractivity contribution is -0.385. The fraction of sp³-hybridized carbons (Fsp3) is 0.417. The maximum absolute atomic E-state index is 13.2. The number of carbonyl (C=O) groups is 1. The highest BCUT2D eigenvalue weighted by Gasteiger charge is 2.31. The van der Waals surface area contributed by atoms with Crippen molar-refractivity contribution in [2.45, 2.75) is 25.4 Å². The van der Waals surface area contributed by atoms with Crippen molar-refractivity contribution in [2.24, 2.45) is 0 Å². The molecule has 7 heteroatoms. The van der Waals surface area contributed by atoms with Gasteiger partial charge in [0.1, 0.15) is 11.9 Å². The highest BCUT2D eigenvalue weighted by atomic mass is 19.1. The van der Waals surface area contributed by atoms with E-state index in [0.717, 1.165) is 24.6 Å². The molecule has 1 unspecified atom stereocenters. The number of rotatable bonds is 4. The topological polar surface area (TPSA) is 83.7 Å². The number of hydrogen-bond acceptors (Lipinski definition) is 4. The summed E-state index contributed by atoms with van der Waals surface area (Å²) >= 11 is 0. The van der Waals surface area contributed by atoms with Crippen molar-refractivity contribution in [2.75, 3.05) is 6.54 Å². The maximum Gasteiger partial charge on any atom is 0.320 e. The minimum atomic E-state index is -0.948. The van der Waals surface area contributed by atoms with Gasteiger partial charge in [0, 0.05) is 18.2 Å². The van der Waals surface area contributed by atoms with Crippen LogP contribution in [0.2, 0.25) is 0 Å². The quantitative estimate of drug-likeness (QED) is 0.664. The van der Waals surface area contributed by atoms with Crippen molar-refractivity contribution in [1.82, 2.24) is 4.90 Å². The number of aliphatic carboxylic acids is 1. The molecule has 1 aromatic carbocycles. The van der Waals surface area contributed by atoms with Crippen LogP contribution in [0, 0.1) is 15.9 Å². The molecule has 1 atom stereocenters. The lowest BCUT2D eigenvalue weighted by Gasteiger charge is -2.20. The standard InChI is InChI=1S/C12H13FN2O4/c13-9-3-4-10(15(18)19)8(6-9)7-14-5-1-2-11(14)12(16)17/h3-4,6,11H,1-2,5,7H2,(H,16,17). The average molecular weight is 268 g/mol. The Morgan fingerprint density at radius 3 is 2.95 bits per heavy atom. The van der Waals surface area contributed by atoms with Gasteiger partial charge in [-0.1, -0.05) is 0 Å². The first kappa shape index (κ1) is 13.4. The van der Waals surface area contributed by atoms with Crippen LogP contribution in [0.15, 0.2) is 18.2 Å². The zero-order valence-electron chi connectivity index (χ0n) is 10.1. The van der Waals surface area contributed by atoms with Crippen LogP contribution >= 0.6 is 0 Å². The van der Waals surface area contributed by atoms with E-state index in [1.807, 2.05) is 0 Å². The molecule has 2 rings (SSSR count). The Bertz CT molecular complexity index is 520. The monoisotopic (exact) mass is 268 g/mol. The van der Waals surface area contributed by atoms with Gasteiger partial charge in [0.25, 0.3) is 5.69 Å². The van der Waals surface area contributed by atoms with E-state index in [2.05, 4.69) is 0 Å². The summed E-state index contributed by atoms with van der Waals surface area (Å²) < 4.78 is 13.2. The minimum Gasteiger partial charge on any atom is -0.480 e. The lowest BCUT2D eigenvalue weighted by Crippen LogP contribution is -2.35. The van der Waals surface area contributed by atoms with Crippen LogP contribution in [-0.2, 0) is 11.3 Å². The zero-order chi connectivity index (χ0) is 14.0. The van der Waals surface area contributed by atoms with Gasteiger partial charge in [-0.3, -0.25) is 19.8 Å². The van der Waals surface area contributed by atoms with Crippen LogP contribution in [0.3, 0.4) is 0 Å². The third-order valence-electron chi connectivity index (χ3n) is 3.26. The van der Waals surface area contributed by atoms with Crippen LogP contribution in [0.1, 0.15) is 18.4 Å². The van der Waals surface area contributed by atoms with E-state index in [0.29, 0.717) is 13.0 Å². The molecule has 0 radical (unpaired) electrons. The van der Waals surface area contributed by atoms with Gasteiger partial charge < -0.3 is 5.11 Å². The zero-order valence-corrected chi connectivity index (χ0v) is 10.1. The smallest absolute Gasteiger partial charge is 0.320 e. The average Bonchev–Trinajstić information content (AvgIpc) is 2.76. The Labute approximate surface area is 108 Å². The van der Waals surface area contributed by atoms with Crippen LogP contribution < -0.4 is 0 Å². The molecule has 102 valence electrons. The summed E-state index contributed by atoms with van der Waals surface area (Å²) in [5.41, 5.74) is 0.0237. The molecule has 0 aliphatic carbocycles. The Balaban J connectivity index is 2.25. The number of hydrogen-bond donors (Lipinski definition) is 1. The van der Waals surface area contributed by atoms with Gasteiger partial charge in [-0.15, -0.1) is 0 Å². The van der Waals surface area contributed by atoms with Crippen molar-refractivity contribution < 1.29 is 19.2 Å². The van der Waals surface area contributed by atoms with E-state index >= 15 is 0 Å². The summed E-state index contributed by atoms with van der Waals surface area (Å²) in [6.45, 7) is 0.621. The van der Waals surface area contributed by atoms with Gasteiger partial charge in [-0.05, 0) is 31.5 Å². The van der Waals surface area contributed by atoms with Gasteiger partial charge in [-0.25, -0.2) is 4.39 Å². The Kier molecular flexibility index (Phi) is 3.75. The van der Waals surface area contributed by atoms with E-state index in [9.17, 15) is 19.3 Å². The Morgan fingerprint density at radius 2 is 2.32 bits per heavy atom. The van der Waals surface area contributed by atoms with Crippen molar-refractivity contribution in [3.8, 4) is 0 Å². The number of nitrogens with zero attached hydrogens (tertiary/aromatic N) is 2. The van der Waals surface area contributed by atoms with E-state index in [1.54, 1.807) is 4.90 Å². The first-order valence-corrected chi connectivity index (χ1v) is 5.88. The predicted octanol–water partition coefficient (Wildman–Crippen LogP) is 1.78. The van der Waals surface area contributed by atoms with E-state index in [-0.39, 0.29) is 17.8 Å². The summed E-state index contributed by atoms with van der Waals surface area (Å²) in [6.07, 6.45) is 1.23. The molecule has 1 heterocycles. The normalized spacial score (nSPS) is 19.5. The van der Waals surface area contributed by atoms with Gasteiger partial charge >= 0.3 is 5.97 Å². The number of carboxylic acids is 1.